The molecular weight excluding hydrogens is 284 g/mol. The van der Waals surface area contributed by atoms with Crippen molar-refractivity contribution >= 4 is 28.3 Å². The van der Waals surface area contributed by atoms with Crippen molar-refractivity contribution in [3.8, 4) is 5.75 Å². The minimum absolute atomic E-state index is 0.101. The summed E-state index contributed by atoms with van der Waals surface area (Å²) in [7, 11) is 1.60. The molecule has 2 aromatic carbocycles. The molecule has 0 spiro atoms. The number of rotatable bonds is 4. The summed E-state index contributed by atoms with van der Waals surface area (Å²) in [5.74, 6) is 0.636. The summed E-state index contributed by atoms with van der Waals surface area (Å²) in [5, 5.41) is 6.04. The lowest BCUT2D eigenvalue weighted by molar-refractivity contribution is 0.0951. The molecule has 0 aliphatic heterocycles. The lowest BCUT2D eigenvalue weighted by Gasteiger charge is -2.06. The molecule has 1 N–H and O–H groups in total. The van der Waals surface area contributed by atoms with Crippen molar-refractivity contribution in [1.82, 2.24) is 9.69 Å². The van der Waals surface area contributed by atoms with Crippen LogP contribution in [-0.4, -0.2) is 17.4 Å². The average molecular weight is 298 g/mol. The molecule has 3 aromatic rings. The van der Waals surface area contributed by atoms with E-state index in [1.165, 1.54) is 11.5 Å². The number of amides is 1. The normalized spacial score (nSPS) is 10.5. The molecule has 1 heterocycles. The molecule has 0 atom stereocenters. The van der Waals surface area contributed by atoms with E-state index in [-0.39, 0.29) is 5.91 Å². The molecule has 0 fully saturated rings. The molecule has 0 unspecified atom stereocenters. The van der Waals surface area contributed by atoms with Crippen molar-refractivity contribution in [2.24, 2.45) is 0 Å². The van der Waals surface area contributed by atoms with Crippen molar-refractivity contribution in [1.29, 1.82) is 0 Å². The van der Waals surface area contributed by atoms with Gasteiger partial charge in [0.25, 0.3) is 5.91 Å². The Morgan fingerprint density at radius 3 is 2.81 bits per heavy atom. The van der Waals surface area contributed by atoms with Gasteiger partial charge in [0.15, 0.2) is 0 Å². The second-order valence-electron chi connectivity index (χ2n) is 4.62. The number of nitrogens with zero attached hydrogens (tertiary/aromatic N) is 1. The van der Waals surface area contributed by atoms with Gasteiger partial charge < -0.3 is 10.1 Å². The van der Waals surface area contributed by atoms with E-state index in [9.17, 15) is 4.79 Å². The van der Waals surface area contributed by atoms with Crippen molar-refractivity contribution < 1.29 is 9.53 Å². The number of fused-ring (bicyclic) bond motifs is 1. The van der Waals surface area contributed by atoms with E-state index < -0.39 is 0 Å². The van der Waals surface area contributed by atoms with Gasteiger partial charge in [-0.25, -0.2) is 0 Å². The first-order valence-corrected chi connectivity index (χ1v) is 7.35. The molecule has 0 radical (unpaired) electrons. The van der Waals surface area contributed by atoms with Crippen LogP contribution in [0, 0.1) is 0 Å². The van der Waals surface area contributed by atoms with Crippen LogP contribution in [0.4, 0.5) is 0 Å². The van der Waals surface area contributed by atoms with Gasteiger partial charge >= 0.3 is 0 Å². The van der Waals surface area contributed by atoms with Gasteiger partial charge in [0.1, 0.15) is 5.75 Å². The highest BCUT2D eigenvalue weighted by Gasteiger charge is 2.06. The zero-order chi connectivity index (χ0) is 14.7. The van der Waals surface area contributed by atoms with Crippen LogP contribution in [0.25, 0.3) is 10.9 Å². The number of hydrogen-bond acceptors (Lipinski definition) is 4. The standard InChI is InChI=1S/C16H14N2O2S/c1-20-14-6-4-12(5-7-14)16(19)17-9-11-2-3-13-10-21-18-15(13)8-11/h2-8,10H,9H2,1H3,(H,17,19). The summed E-state index contributed by atoms with van der Waals surface area (Å²) < 4.78 is 9.37. The highest BCUT2D eigenvalue weighted by Crippen LogP contribution is 2.17. The number of aromatic nitrogens is 1. The van der Waals surface area contributed by atoms with Crippen LogP contribution in [0.5, 0.6) is 5.75 Å². The van der Waals surface area contributed by atoms with Gasteiger partial charge in [-0.3, -0.25) is 4.79 Å². The first-order valence-electron chi connectivity index (χ1n) is 6.51. The van der Waals surface area contributed by atoms with Crippen molar-refractivity contribution in [3.63, 3.8) is 0 Å². The quantitative estimate of drug-likeness (QED) is 0.804. The highest BCUT2D eigenvalue weighted by molar-refractivity contribution is 7.04. The lowest BCUT2D eigenvalue weighted by atomic mass is 10.1. The largest absolute Gasteiger partial charge is 0.497 e. The molecule has 0 saturated heterocycles. The van der Waals surface area contributed by atoms with Gasteiger partial charge in [0, 0.05) is 22.9 Å². The topological polar surface area (TPSA) is 51.2 Å². The first-order chi connectivity index (χ1) is 10.3. The molecule has 21 heavy (non-hydrogen) atoms. The van der Waals surface area contributed by atoms with Gasteiger partial charge in [0.05, 0.1) is 12.6 Å². The van der Waals surface area contributed by atoms with Crippen LogP contribution in [0.1, 0.15) is 15.9 Å². The van der Waals surface area contributed by atoms with Crippen molar-refractivity contribution in [2.75, 3.05) is 7.11 Å². The van der Waals surface area contributed by atoms with E-state index in [1.807, 2.05) is 23.6 Å². The first kappa shape index (κ1) is 13.6. The van der Waals surface area contributed by atoms with Crippen LogP contribution in [0.15, 0.2) is 47.8 Å². The number of ether oxygens (including phenoxy) is 1. The van der Waals surface area contributed by atoms with Gasteiger partial charge in [-0.05, 0) is 47.4 Å². The SMILES string of the molecule is COc1ccc(C(=O)NCc2ccc3csnc3c2)cc1. The summed E-state index contributed by atoms with van der Waals surface area (Å²) in [6.45, 7) is 0.484. The molecule has 1 aromatic heterocycles. The Bertz CT molecular complexity index is 765. The summed E-state index contributed by atoms with van der Waals surface area (Å²) in [6.07, 6.45) is 0. The van der Waals surface area contributed by atoms with Gasteiger partial charge in [-0.15, -0.1) is 0 Å². The summed E-state index contributed by atoms with van der Waals surface area (Å²) in [5.41, 5.74) is 2.62. The number of carbonyl (C=O) groups is 1. The minimum atomic E-state index is -0.101. The van der Waals surface area contributed by atoms with Crippen molar-refractivity contribution in [3.05, 3.63) is 59.0 Å². The van der Waals surface area contributed by atoms with E-state index in [0.717, 1.165) is 22.2 Å². The molecular formula is C16H14N2O2S. The fourth-order valence-electron chi connectivity index (χ4n) is 2.04. The third-order valence-electron chi connectivity index (χ3n) is 3.23. The molecule has 0 saturated carbocycles. The van der Waals surface area contributed by atoms with E-state index in [0.29, 0.717) is 12.1 Å². The van der Waals surface area contributed by atoms with E-state index in [2.05, 4.69) is 9.69 Å². The molecule has 0 bridgehead atoms. The molecule has 0 aliphatic carbocycles. The molecule has 106 valence electrons. The Morgan fingerprint density at radius 2 is 2.05 bits per heavy atom. The Labute approximate surface area is 126 Å². The number of methoxy groups -OCH3 is 1. The fraction of sp³-hybridized carbons (Fsp3) is 0.125. The number of carbonyl (C=O) groups excluding carboxylic acids is 1. The van der Waals surface area contributed by atoms with Crippen LogP contribution < -0.4 is 10.1 Å². The molecule has 3 rings (SSSR count). The molecule has 5 heteroatoms. The third kappa shape index (κ3) is 3.03. The van der Waals surface area contributed by atoms with Gasteiger partial charge in [-0.2, -0.15) is 4.37 Å². The van der Waals surface area contributed by atoms with Crippen LogP contribution in [-0.2, 0) is 6.54 Å². The van der Waals surface area contributed by atoms with E-state index in [4.69, 9.17) is 4.74 Å². The Hall–Kier alpha value is -2.40. The third-order valence-corrected chi connectivity index (χ3v) is 3.89. The molecule has 0 aliphatic rings. The van der Waals surface area contributed by atoms with Crippen LogP contribution in [0.3, 0.4) is 0 Å². The van der Waals surface area contributed by atoms with E-state index in [1.54, 1.807) is 31.4 Å². The average Bonchev–Trinajstić information content (AvgIpc) is 3.00. The van der Waals surface area contributed by atoms with Crippen LogP contribution in [0.2, 0.25) is 0 Å². The summed E-state index contributed by atoms with van der Waals surface area (Å²) in [6, 6.07) is 13.1. The Balaban J connectivity index is 1.66. The lowest BCUT2D eigenvalue weighted by Crippen LogP contribution is -2.22. The summed E-state index contributed by atoms with van der Waals surface area (Å²) >= 11 is 1.44. The second kappa shape index (κ2) is 5.93. The smallest absolute Gasteiger partial charge is 0.251 e. The Morgan fingerprint density at radius 1 is 1.24 bits per heavy atom. The van der Waals surface area contributed by atoms with Crippen LogP contribution >= 0.6 is 11.5 Å². The van der Waals surface area contributed by atoms with Gasteiger partial charge in [0.2, 0.25) is 0 Å². The summed E-state index contributed by atoms with van der Waals surface area (Å²) in [4.78, 5) is 12.1. The second-order valence-corrected chi connectivity index (χ2v) is 5.25. The predicted octanol–water partition coefficient (Wildman–Crippen LogP) is 3.23. The number of hydrogen-bond donors (Lipinski definition) is 1. The monoisotopic (exact) mass is 298 g/mol. The zero-order valence-corrected chi connectivity index (χ0v) is 12.3. The number of benzene rings is 2. The minimum Gasteiger partial charge on any atom is -0.497 e. The van der Waals surface area contributed by atoms with E-state index >= 15 is 0 Å². The maximum Gasteiger partial charge on any atom is 0.251 e. The van der Waals surface area contributed by atoms with Crippen molar-refractivity contribution in [2.45, 2.75) is 6.54 Å². The molecule has 4 nitrogen and oxygen atoms in total. The van der Waals surface area contributed by atoms with Gasteiger partial charge in [-0.1, -0.05) is 12.1 Å². The predicted molar refractivity (Wildman–Crippen MR) is 83.8 cm³/mol. The maximum atomic E-state index is 12.1. The number of nitrogens with one attached hydrogen (secondary N) is 1. The fourth-order valence-corrected chi connectivity index (χ4v) is 2.68. The zero-order valence-electron chi connectivity index (χ0n) is 11.5. The maximum absolute atomic E-state index is 12.1. The highest BCUT2D eigenvalue weighted by atomic mass is 32.1. The molecule has 1 amide bonds. The Kier molecular flexibility index (Phi) is 3.83.